The lowest BCUT2D eigenvalue weighted by molar-refractivity contribution is -0.124. The second-order valence-electron chi connectivity index (χ2n) is 6.50. The number of esters is 1. The van der Waals surface area contributed by atoms with Crippen molar-refractivity contribution in [3.8, 4) is 5.75 Å². The van der Waals surface area contributed by atoms with Crippen molar-refractivity contribution in [2.45, 2.75) is 6.42 Å². The van der Waals surface area contributed by atoms with Crippen LogP contribution < -0.4 is 15.4 Å². The fraction of sp³-hybridized carbons (Fsp3) is 0.174. The summed E-state index contributed by atoms with van der Waals surface area (Å²) in [6.07, 6.45) is 0.600. The van der Waals surface area contributed by atoms with Crippen LogP contribution in [-0.4, -0.2) is 38.0 Å². The lowest BCUT2D eigenvalue weighted by Crippen LogP contribution is -2.30. The molecule has 0 radical (unpaired) electrons. The van der Waals surface area contributed by atoms with Crippen molar-refractivity contribution in [2.75, 3.05) is 25.6 Å². The highest BCUT2D eigenvalue weighted by atomic mass is 32.1. The van der Waals surface area contributed by atoms with Gasteiger partial charge in [-0.05, 0) is 53.8 Å². The van der Waals surface area contributed by atoms with E-state index in [9.17, 15) is 14.4 Å². The van der Waals surface area contributed by atoms with E-state index in [2.05, 4.69) is 10.6 Å². The Bertz CT molecular complexity index is 1030. The van der Waals surface area contributed by atoms with Gasteiger partial charge in [-0.3, -0.25) is 9.59 Å². The molecule has 2 N–H and O–H groups in total. The molecule has 0 bridgehead atoms. The molecular formula is C23H22N2O5S. The summed E-state index contributed by atoms with van der Waals surface area (Å²) in [5.74, 6) is -0.451. The molecule has 31 heavy (non-hydrogen) atoms. The number of para-hydroxylation sites is 1. The second-order valence-corrected chi connectivity index (χ2v) is 7.44. The topological polar surface area (TPSA) is 93.7 Å². The summed E-state index contributed by atoms with van der Waals surface area (Å²) in [5, 5.41) is 7.29. The molecule has 160 valence electrons. The highest BCUT2D eigenvalue weighted by Crippen LogP contribution is 2.17. The highest BCUT2D eigenvalue weighted by molar-refractivity contribution is 7.12. The Labute approximate surface area is 184 Å². The molecule has 8 heteroatoms. The number of anilines is 1. The zero-order chi connectivity index (χ0) is 22.1. The highest BCUT2D eigenvalue weighted by Gasteiger charge is 2.12. The van der Waals surface area contributed by atoms with Gasteiger partial charge in [0.15, 0.2) is 6.61 Å². The van der Waals surface area contributed by atoms with Crippen LogP contribution in [0.25, 0.3) is 0 Å². The molecule has 3 rings (SSSR count). The molecule has 0 fully saturated rings. The van der Waals surface area contributed by atoms with E-state index < -0.39 is 5.97 Å². The first-order valence-electron chi connectivity index (χ1n) is 9.57. The number of methoxy groups -OCH3 is 1. The second kappa shape index (κ2) is 10.9. The van der Waals surface area contributed by atoms with Crippen molar-refractivity contribution in [3.05, 3.63) is 82.0 Å². The summed E-state index contributed by atoms with van der Waals surface area (Å²) in [6, 6.07) is 17.4. The van der Waals surface area contributed by atoms with E-state index in [-0.39, 0.29) is 24.0 Å². The van der Waals surface area contributed by atoms with Crippen LogP contribution in [0.5, 0.6) is 5.75 Å². The molecule has 0 saturated heterocycles. The Morgan fingerprint density at radius 2 is 1.74 bits per heavy atom. The van der Waals surface area contributed by atoms with Gasteiger partial charge in [0.05, 0.1) is 17.6 Å². The predicted molar refractivity (Wildman–Crippen MR) is 119 cm³/mol. The molecule has 1 heterocycles. The lowest BCUT2D eigenvalue weighted by Gasteiger charge is -2.09. The molecular weight excluding hydrogens is 416 g/mol. The van der Waals surface area contributed by atoms with Gasteiger partial charge in [-0.2, -0.15) is 0 Å². The third kappa shape index (κ3) is 6.42. The van der Waals surface area contributed by atoms with E-state index in [4.69, 9.17) is 9.47 Å². The number of rotatable bonds is 9. The Morgan fingerprint density at radius 3 is 2.45 bits per heavy atom. The Hall–Kier alpha value is -3.65. The van der Waals surface area contributed by atoms with Crippen LogP contribution in [0.2, 0.25) is 0 Å². The zero-order valence-electron chi connectivity index (χ0n) is 16.9. The molecule has 0 saturated carbocycles. The van der Waals surface area contributed by atoms with Gasteiger partial charge in [-0.15, -0.1) is 11.3 Å². The zero-order valence-corrected chi connectivity index (χ0v) is 17.7. The minimum absolute atomic E-state index is 0.213. The SMILES string of the molecule is COc1ccccc1CCNC(=O)COC(=O)c1ccc(NC(=O)c2cccs2)cc1. The summed E-state index contributed by atoms with van der Waals surface area (Å²) in [6.45, 7) is 0.0248. The fourth-order valence-electron chi connectivity index (χ4n) is 2.80. The Balaban J connectivity index is 1.41. The Morgan fingerprint density at radius 1 is 0.968 bits per heavy atom. The number of amides is 2. The first-order chi connectivity index (χ1) is 15.1. The van der Waals surface area contributed by atoms with Crippen LogP contribution >= 0.6 is 11.3 Å². The van der Waals surface area contributed by atoms with Crippen molar-refractivity contribution in [3.63, 3.8) is 0 Å². The molecule has 3 aromatic rings. The van der Waals surface area contributed by atoms with Gasteiger partial charge in [-0.1, -0.05) is 24.3 Å². The minimum atomic E-state index is -0.615. The van der Waals surface area contributed by atoms with Crippen LogP contribution in [0.3, 0.4) is 0 Å². The normalized spacial score (nSPS) is 10.2. The summed E-state index contributed by atoms with van der Waals surface area (Å²) in [5.41, 5.74) is 1.83. The lowest BCUT2D eigenvalue weighted by atomic mass is 10.1. The number of thiophene rings is 1. The van der Waals surface area contributed by atoms with Crippen LogP contribution in [0.1, 0.15) is 25.6 Å². The predicted octanol–water partition coefficient (Wildman–Crippen LogP) is 3.52. The number of nitrogens with one attached hydrogen (secondary N) is 2. The number of carbonyl (C=O) groups is 3. The average molecular weight is 439 g/mol. The number of benzene rings is 2. The molecule has 0 aliphatic rings. The average Bonchev–Trinajstić information content (AvgIpc) is 3.33. The van der Waals surface area contributed by atoms with E-state index in [1.165, 1.54) is 23.5 Å². The van der Waals surface area contributed by atoms with E-state index in [1.807, 2.05) is 29.6 Å². The monoisotopic (exact) mass is 438 g/mol. The molecule has 2 aromatic carbocycles. The summed E-state index contributed by atoms with van der Waals surface area (Å²) >= 11 is 1.34. The van der Waals surface area contributed by atoms with Gasteiger partial charge in [0, 0.05) is 12.2 Å². The van der Waals surface area contributed by atoms with Crippen LogP contribution in [0.15, 0.2) is 66.0 Å². The molecule has 0 unspecified atom stereocenters. The van der Waals surface area contributed by atoms with Gasteiger partial charge in [-0.25, -0.2) is 4.79 Å². The quantitative estimate of drug-likeness (QED) is 0.499. The van der Waals surface area contributed by atoms with Crippen LogP contribution in [0, 0.1) is 0 Å². The third-order valence-electron chi connectivity index (χ3n) is 4.37. The third-order valence-corrected chi connectivity index (χ3v) is 5.24. The smallest absolute Gasteiger partial charge is 0.338 e. The van der Waals surface area contributed by atoms with E-state index in [0.717, 1.165) is 11.3 Å². The maximum Gasteiger partial charge on any atom is 0.338 e. The minimum Gasteiger partial charge on any atom is -0.496 e. The maximum absolute atomic E-state index is 12.1. The number of carbonyl (C=O) groups excluding carboxylic acids is 3. The van der Waals surface area contributed by atoms with Crippen LogP contribution in [-0.2, 0) is 16.0 Å². The van der Waals surface area contributed by atoms with E-state index in [1.54, 1.807) is 31.4 Å². The molecule has 0 spiro atoms. The maximum atomic E-state index is 12.1. The summed E-state index contributed by atoms with van der Waals surface area (Å²) in [4.78, 5) is 36.7. The first-order valence-corrected chi connectivity index (χ1v) is 10.5. The number of ether oxygens (including phenoxy) is 2. The standard InChI is InChI=1S/C23H22N2O5S/c1-29-19-6-3-2-5-16(19)12-13-24-21(26)15-30-23(28)17-8-10-18(11-9-17)25-22(27)20-7-4-14-31-20/h2-11,14H,12-13,15H2,1H3,(H,24,26)(H,25,27). The molecule has 2 amide bonds. The van der Waals surface area contributed by atoms with Crippen molar-refractivity contribution in [1.82, 2.24) is 5.32 Å². The molecule has 7 nitrogen and oxygen atoms in total. The number of hydrogen-bond acceptors (Lipinski definition) is 6. The van der Waals surface area contributed by atoms with E-state index in [0.29, 0.717) is 23.5 Å². The first kappa shape index (κ1) is 22.0. The van der Waals surface area contributed by atoms with Gasteiger partial charge in [0.2, 0.25) is 0 Å². The molecule has 0 aliphatic carbocycles. The fourth-order valence-corrected chi connectivity index (χ4v) is 3.42. The summed E-state index contributed by atoms with van der Waals surface area (Å²) < 4.78 is 10.3. The largest absolute Gasteiger partial charge is 0.496 e. The molecule has 0 atom stereocenters. The summed E-state index contributed by atoms with van der Waals surface area (Å²) in [7, 11) is 1.60. The van der Waals surface area contributed by atoms with Gasteiger partial charge >= 0.3 is 5.97 Å². The van der Waals surface area contributed by atoms with E-state index >= 15 is 0 Å². The molecule has 0 aliphatic heterocycles. The van der Waals surface area contributed by atoms with Crippen molar-refractivity contribution in [1.29, 1.82) is 0 Å². The van der Waals surface area contributed by atoms with Crippen LogP contribution in [0.4, 0.5) is 5.69 Å². The van der Waals surface area contributed by atoms with Gasteiger partial charge in [0.25, 0.3) is 11.8 Å². The van der Waals surface area contributed by atoms with Crippen molar-refractivity contribution >= 4 is 34.8 Å². The molecule has 1 aromatic heterocycles. The van der Waals surface area contributed by atoms with Gasteiger partial charge < -0.3 is 20.1 Å². The van der Waals surface area contributed by atoms with Crippen molar-refractivity contribution in [2.24, 2.45) is 0 Å². The number of hydrogen-bond donors (Lipinski definition) is 2. The van der Waals surface area contributed by atoms with Gasteiger partial charge in [0.1, 0.15) is 5.75 Å². The van der Waals surface area contributed by atoms with Crippen molar-refractivity contribution < 1.29 is 23.9 Å². The Kier molecular flexibility index (Phi) is 7.78.